The van der Waals surface area contributed by atoms with Crippen LogP contribution in [0.3, 0.4) is 0 Å². The maximum absolute atomic E-state index is 13.1. The van der Waals surface area contributed by atoms with Gasteiger partial charge < -0.3 is 33.8 Å². The van der Waals surface area contributed by atoms with Gasteiger partial charge in [0.25, 0.3) is 0 Å². The van der Waals surface area contributed by atoms with Crippen molar-refractivity contribution >= 4 is 39.5 Å². The Labute approximate surface area is 581 Å². The first-order valence-electron chi connectivity index (χ1n) is 39.6. The Bertz CT molecular complexity index is 1820. The maximum Gasteiger partial charge on any atom is 0.472 e. The lowest BCUT2D eigenvalue weighted by atomic mass is 10.0. The third-order valence-corrected chi connectivity index (χ3v) is 19.7. The molecule has 0 aliphatic carbocycles. The summed E-state index contributed by atoms with van der Waals surface area (Å²) >= 11 is 0. The number of ether oxygens (including phenoxy) is 4. The van der Waals surface area contributed by atoms with E-state index in [9.17, 15) is 43.2 Å². The van der Waals surface area contributed by atoms with Crippen LogP contribution < -0.4 is 0 Å². The van der Waals surface area contributed by atoms with Gasteiger partial charge in [-0.05, 0) is 31.6 Å². The molecular formula is C76H148O17P2. The van der Waals surface area contributed by atoms with E-state index < -0.39 is 97.5 Å². The van der Waals surface area contributed by atoms with Crippen molar-refractivity contribution in [2.75, 3.05) is 39.6 Å². The van der Waals surface area contributed by atoms with Gasteiger partial charge >= 0.3 is 39.5 Å². The quantitative estimate of drug-likeness (QED) is 0.0222. The standard InChI is InChI=1S/C76H148O17P2/c1-6-9-12-15-18-21-24-26-28-29-30-32-36-42-47-52-57-62-76(81)93-72(66-87-74(79)60-55-50-45-40-37-33-34-38-43-48-53-58-69(4)5)68-91-95(84,85)89-64-70(77)63-88-94(82,83)90-67-71(65-86-73(78)59-54-49-44-39-23-20-17-14-11-8-3)92-75(80)61-56-51-46-41-35-31-27-25-22-19-16-13-10-7-2/h69-72,77H,6-68H2,1-5H3,(H,82,83)(H,84,85)/t70-,71+,72+/m0/s1. The molecule has 95 heavy (non-hydrogen) atoms. The highest BCUT2D eigenvalue weighted by atomic mass is 31.2. The van der Waals surface area contributed by atoms with Crippen molar-refractivity contribution in [2.45, 2.75) is 419 Å². The van der Waals surface area contributed by atoms with Crippen LogP contribution in [0.4, 0.5) is 0 Å². The molecule has 0 fully saturated rings. The van der Waals surface area contributed by atoms with E-state index in [-0.39, 0.29) is 25.7 Å². The molecule has 0 saturated carbocycles. The Morgan fingerprint density at radius 2 is 0.484 bits per heavy atom. The minimum atomic E-state index is -4.96. The van der Waals surface area contributed by atoms with Gasteiger partial charge in [-0.3, -0.25) is 37.3 Å². The largest absolute Gasteiger partial charge is 0.472 e. The van der Waals surface area contributed by atoms with E-state index >= 15 is 0 Å². The number of hydrogen-bond donors (Lipinski definition) is 3. The predicted octanol–water partition coefficient (Wildman–Crippen LogP) is 22.5. The van der Waals surface area contributed by atoms with Crippen molar-refractivity contribution < 1.29 is 80.2 Å². The summed E-state index contributed by atoms with van der Waals surface area (Å²) in [4.78, 5) is 72.8. The summed E-state index contributed by atoms with van der Waals surface area (Å²) in [5, 5.41) is 10.6. The summed E-state index contributed by atoms with van der Waals surface area (Å²) in [6.45, 7) is 7.30. The summed E-state index contributed by atoms with van der Waals surface area (Å²) in [5.41, 5.74) is 0. The molecule has 0 amide bonds. The van der Waals surface area contributed by atoms with Crippen LogP contribution in [0.5, 0.6) is 0 Å². The van der Waals surface area contributed by atoms with Gasteiger partial charge in [-0.15, -0.1) is 0 Å². The molecule has 0 saturated heterocycles. The first kappa shape index (κ1) is 93.1. The number of unbranched alkanes of at least 4 members (excludes halogenated alkanes) is 48. The number of phosphoric ester groups is 2. The molecule has 2 unspecified atom stereocenters. The molecule has 17 nitrogen and oxygen atoms in total. The van der Waals surface area contributed by atoms with Gasteiger partial charge in [0.15, 0.2) is 12.2 Å². The fraction of sp³-hybridized carbons (Fsp3) is 0.947. The summed E-state index contributed by atoms with van der Waals surface area (Å²) < 4.78 is 68.5. The summed E-state index contributed by atoms with van der Waals surface area (Å²) in [5.74, 6) is -1.34. The molecule has 0 rings (SSSR count). The van der Waals surface area contributed by atoms with E-state index in [0.717, 1.165) is 95.8 Å². The minimum absolute atomic E-state index is 0.108. The van der Waals surface area contributed by atoms with E-state index in [1.807, 2.05) is 0 Å². The summed E-state index contributed by atoms with van der Waals surface area (Å²) in [7, 11) is -9.91. The molecule has 0 aromatic carbocycles. The van der Waals surface area contributed by atoms with Gasteiger partial charge in [0.1, 0.15) is 19.3 Å². The molecule has 3 N–H and O–H groups in total. The molecule has 0 spiro atoms. The van der Waals surface area contributed by atoms with Crippen LogP contribution in [-0.2, 0) is 65.4 Å². The van der Waals surface area contributed by atoms with Crippen LogP contribution in [0, 0.1) is 5.92 Å². The fourth-order valence-electron chi connectivity index (χ4n) is 11.7. The number of esters is 4. The molecule has 0 aliphatic heterocycles. The van der Waals surface area contributed by atoms with Crippen LogP contribution in [0.15, 0.2) is 0 Å². The second-order valence-corrected chi connectivity index (χ2v) is 30.8. The van der Waals surface area contributed by atoms with Gasteiger partial charge in [-0.2, -0.15) is 0 Å². The molecule has 0 aromatic rings. The minimum Gasteiger partial charge on any atom is -0.462 e. The summed E-state index contributed by atoms with van der Waals surface area (Å²) in [6.07, 6.45) is 58.1. The van der Waals surface area contributed by atoms with Crippen molar-refractivity contribution in [1.29, 1.82) is 0 Å². The lowest BCUT2D eigenvalue weighted by Crippen LogP contribution is -2.30. The normalized spacial score (nSPS) is 13.9. The van der Waals surface area contributed by atoms with Gasteiger partial charge in [-0.1, -0.05) is 349 Å². The highest BCUT2D eigenvalue weighted by Crippen LogP contribution is 2.45. The Hall–Kier alpha value is -1.94. The topological polar surface area (TPSA) is 237 Å². The number of carbonyl (C=O) groups is 4. The number of phosphoric acid groups is 2. The average Bonchev–Trinajstić information content (AvgIpc) is 1.39. The lowest BCUT2D eigenvalue weighted by molar-refractivity contribution is -0.161. The maximum atomic E-state index is 13.1. The van der Waals surface area contributed by atoms with Crippen LogP contribution in [0.25, 0.3) is 0 Å². The highest BCUT2D eigenvalue weighted by molar-refractivity contribution is 7.47. The molecule has 0 radical (unpaired) electrons. The number of hydrogen-bond acceptors (Lipinski definition) is 15. The van der Waals surface area contributed by atoms with Crippen LogP contribution in [0.1, 0.15) is 401 Å². The second-order valence-electron chi connectivity index (χ2n) is 27.9. The van der Waals surface area contributed by atoms with Gasteiger partial charge in [0.2, 0.25) is 0 Å². The summed E-state index contributed by atoms with van der Waals surface area (Å²) in [6, 6.07) is 0. The number of carbonyl (C=O) groups excluding carboxylic acids is 4. The Morgan fingerprint density at radius 1 is 0.284 bits per heavy atom. The lowest BCUT2D eigenvalue weighted by Gasteiger charge is -2.21. The second kappa shape index (κ2) is 69.2. The van der Waals surface area contributed by atoms with E-state index in [0.29, 0.717) is 25.7 Å². The molecule has 19 heteroatoms. The smallest absolute Gasteiger partial charge is 0.462 e. The number of aliphatic hydroxyl groups excluding tert-OH is 1. The van der Waals surface area contributed by atoms with Gasteiger partial charge in [-0.25, -0.2) is 9.13 Å². The number of aliphatic hydroxyl groups is 1. The Balaban J connectivity index is 5.24. The number of rotatable bonds is 76. The highest BCUT2D eigenvalue weighted by Gasteiger charge is 2.30. The average molecular weight is 1400 g/mol. The predicted molar refractivity (Wildman–Crippen MR) is 386 cm³/mol. The molecule has 0 aromatic heterocycles. The van der Waals surface area contributed by atoms with E-state index in [2.05, 4.69) is 34.6 Å². The molecular weight excluding hydrogens is 1250 g/mol. The van der Waals surface area contributed by atoms with Crippen molar-refractivity contribution in [1.82, 2.24) is 0 Å². The van der Waals surface area contributed by atoms with Gasteiger partial charge in [0.05, 0.1) is 26.4 Å². The van der Waals surface area contributed by atoms with Crippen LogP contribution >= 0.6 is 15.6 Å². The molecule has 0 heterocycles. The molecule has 564 valence electrons. The van der Waals surface area contributed by atoms with Crippen molar-refractivity contribution in [3.63, 3.8) is 0 Å². The third-order valence-electron chi connectivity index (χ3n) is 17.8. The van der Waals surface area contributed by atoms with E-state index in [4.69, 9.17) is 37.0 Å². The SMILES string of the molecule is CCCCCCCCCCCCCCCCCCCC(=O)O[C@H](COC(=O)CCCCCCCCCCCCCC(C)C)COP(=O)(O)OC[C@@H](O)COP(=O)(O)OC[C@@H](COC(=O)CCCCCCCCCCCC)OC(=O)CCCCCCCCCCCCCCCC. The van der Waals surface area contributed by atoms with E-state index in [1.54, 1.807) is 0 Å². The first-order chi connectivity index (χ1) is 46.0. The first-order valence-corrected chi connectivity index (χ1v) is 42.6. The van der Waals surface area contributed by atoms with Crippen molar-refractivity contribution in [3.05, 3.63) is 0 Å². The van der Waals surface area contributed by atoms with Crippen LogP contribution in [-0.4, -0.2) is 96.7 Å². The van der Waals surface area contributed by atoms with Crippen molar-refractivity contribution in [3.8, 4) is 0 Å². The zero-order chi connectivity index (χ0) is 69.8. The third kappa shape index (κ3) is 70.3. The van der Waals surface area contributed by atoms with Crippen LogP contribution in [0.2, 0.25) is 0 Å². The van der Waals surface area contributed by atoms with E-state index in [1.165, 1.54) is 225 Å². The Kier molecular flexibility index (Phi) is 67.7. The van der Waals surface area contributed by atoms with Crippen molar-refractivity contribution in [2.24, 2.45) is 5.92 Å². The molecule has 5 atom stereocenters. The zero-order valence-corrected chi connectivity index (χ0v) is 63.6. The Morgan fingerprint density at radius 3 is 0.716 bits per heavy atom. The van der Waals surface area contributed by atoms with Gasteiger partial charge in [0, 0.05) is 25.7 Å². The monoisotopic (exact) mass is 1400 g/mol. The molecule has 0 aliphatic rings. The fourth-order valence-corrected chi connectivity index (χ4v) is 13.3. The zero-order valence-electron chi connectivity index (χ0n) is 61.8. The molecule has 0 bridgehead atoms.